The molecule has 10 atom stereocenters. The van der Waals surface area contributed by atoms with Gasteiger partial charge in [-0.2, -0.15) is 0 Å². The molecule has 0 saturated carbocycles. The number of nitrogens with zero attached hydrogens (tertiary/aromatic N) is 1. The molecule has 19 nitrogen and oxygen atoms in total. The largest absolute Gasteiger partial charge is 0.459 e. The highest BCUT2D eigenvalue weighted by Crippen LogP contribution is 2.47. The molecule has 4 saturated heterocycles. The van der Waals surface area contributed by atoms with E-state index in [0.717, 1.165) is 0 Å². The van der Waals surface area contributed by atoms with E-state index >= 15 is 0 Å². The quantitative estimate of drug-likeness (QED) is 0.105. The van der Waals surface area contributed by atoms with Crippen LogP contribution in [-0.4, -0.2) is 125 Å². The number of esters is 1. The number of alkyl carbamates (subject to hydrolysis) is 1. The van der Waals surface area contributed by atoms with Crippen LogP contribution in [0.15, 0.2) is 21.9 Å². The van der Waals surface area contributed by atoms with Crippen molar-refractivity contribution in [3.05, 3.63) is 33.1 Å². The smallest absolute Gasteiger partial charge is 0.407 e. The topological polar surface area (TPSA) is 225 Å². The number of nitrogens with one attached hydrogen (secondary N) is 4. The molecule has 0 spiro atoms. The van der Waals surface area contributed by atoms with Gasteiger partial charge in [0.25, 0.3) is 5.56 Å². The van der Waals surface area contributed by atoms with Crippen LogP contribution in [0.4, 0.5) is 4.79 Å². The first kappa shape index (κ1) is 43.7. The summed E-state index contributed by atoms with van der Waals surface area (Å²) in [5, 5.41) is 8.61. The van der Waals surface area contributed by atoms with Gasteiger partial charge in [-0.05, 0) is 81.2 Å². The number of aromatic amines is 1. The number of hydrogen-bond donors (Lipinski definition) is 4. The highest BCUT2D eigenvalue weighted by molar-refractivity contribution is 5.77. The molecule has 0 radical (unpaired) electrons. The Morgan fingerprint density at radius 1 is 0.929 bits per heavy atom. The molecule has 1 aromatic rings. The first-order valence-electron chi connectivity index (χ1n) is 19.3. The maximum absolute atomic E-state index is 14.3. The van der Waals surface area contributed by atoms with Crippen LogP contribution < -0.4 is 27.2 Å². The highest BCUT2D eigenvalue weighted by atomic mass is 16.8. The maximum atomic E-state index is 14.3. The number of ether oxygens (including phenoxy) is 9. The van der Waals surface area contributed by atoms with Gasteiger partial charge in [-0.3, -0.25) is 23.9 Å². The van der Waals surface area contributed by atoms with Gasteiger partial charge in [-0.25, -0.2) is 9.59 Å². The van der Waals surface area contributed by atoms with Gasteiger partial charge in [-0.1, -0.05) is 13.8 Å². The second-order valence-electron chi connectivity index (χ2n) is 16.8. The molecule has 0 unspecified atom stereocenters. The van der Waals surface area contributed by atoms with E-state index in [0.29, 0.717) is 32.2 Å². The molecule has 2 amide bonds. The molecule has 4 fully saturated rings. The number of carbonyl (C=O) groups is 3. The summed E-state index contributed by atoms with van der Waals surface area (Å²) in [4.78, 5) is 65.3. The predicted octanol–water partition coefficient (Wildman–Crippen LogP) is 1.33. The fourth-order valence-corrected chi connectivity index (χ4v) is 7.27. The summed E-state index contributed by atoms with van der Waals surface area (Å²) >= 11 is 0. The fraction of sp³-hybridized carbons (Fsp3) is 0.811. The molecule has 5 rings (SSSR count). The second kappa shape index (κ2) is 17.2. The zero-order valence-electron chi connectivity index (χ0n) is 33.9. The molecule has 19 heteroatoms. The lowest BCUT2D eigenvalue weighted by Crippen LogP contribution is -2.58. The third-order valence-corrected chi connectivity index (χ3v) is 9.63. The lowest BCUT2D eigenvalue weighted by molar-refractivity contribution is -0.276. The second-order valence-corrected chi connectivity index (χ2v) is 16.8. The van der Waals surface area contributed by atoms with Crippen molar-refractivity contribution in [1.82, 2.24) is 25.5 Å². The minimum Gasteiger partial charge on any atom is -0.459 e. The monoisotopic (exact) mass is 797 g/mol. The number of H-pyrrole nitrogens is 1. The van der Waals surface area contributed by atoms with Crippen molar-refractivity contribution in [1.29, 1.82) is 0 Å². The molecular formula is C37H59N5O14. The summed E-state index contributed by atoms with van der Waals surface area (Å²) in [6.45, 7) is 18.3. The van der Waals surface area contributed by atoms with Gasteiger partial charge in [0.1, 0.15) is 60.0 Å². The van der Waals surface area contributed by atoms with Crippen LogP contribution in [-0.2, 0) is 52.2 Å². The number of rotatable bonds is 16. The van der Waals surface area contributed by atoms with Crippen LogP contribution in [0, 0.1) is 0 Å². The minimum absolute atomic E-state index is 0.0160. The Balaban J connectivity index is 1.55. The van der Waals surface area contributed by atoms with E-state index in [1.54, 1.807) is 55.4 Å². The van der Waals surface area contributed by atoms with Crippen molar-refractivity contribution in [2.24, 2.45) is 0 Å². The van der Waals surface area contributed by atoms with Crippen molar-refractivity contribution < 1.29 is 57.0 Å². The van der Waals surface area contributed by atoms with E-state index in [9.17, 15) is 24.0 Å². The SMILES string of the molecule is CCC1(CC)O[C@H]2[C@H](O[C@H]([C@H]3O[C@@H](n4ccc(=O)[nH]c4=O)[C@@H]4OC(C)(C)O[C@H]34)[C@H](NCCCNC=O)C(=O)OC(C)(C)C)O[C@H](CNC(=O)OC(C)(C)C)[C@H]2O1. The molecule has 0 aliphatic carbocycles. The van der Waals surface area contributed by atoms with Gasteiger partial charge in [0.15, 0.2) is 24.1 Å². The van der Waals surface area contributed by atoms with Crippen LogP contribution in [0.2, 0.25) is 0 Å². The van der Waals surface area contributed by atoms with Crippen LogP contribution in [0.5, 0.6) is 0 Å². The van der Waals surface area contributed by atoms with Gasteiger partial charge in [0, 0.05) is 25.4 Å². The Bertz CT molecular complexity index is 1650. The maximum Gasteiger partial charge on any atom is 0.407 e. The third kappa shape index (κ3) is 10.4. The van der Waals surface area contributed by atoms with E-state index in [-0.39, 0.29) is 13.1 Å². The number of carbonyl (C=O) groups excluding carboxylic acids is 3. The molecule has 4 N–H and O–H groups in total. The molecule has 56 heavy (non-hydrogen) atoms. The number of aromatic nitrogens is 2. The van der Waals surface area contributed by atoms with Crippen molar-refractivity contribution in [2.75, 3.05) is 19.6 Å². The Labute approximate surface area is 326 Å². The van der Waals surface area contributed by atoms with Gasteiger partial charge in [0.05, 0.1) is 0 Å². The first-order valence-corrected chi connectivity index (χ1v) is 19.3. The zero-order valence-corrected chi connectivity index (χ0v) is 33.9. The lowest BCUT2D eigenvalue weighted by Gasteiger charge is -2.37. The van der Waals surface area contributed by atoms with E-state index in [1.165, 1.54) is 16.8 Å². The molecule has 316 valence electrons. The number of hydrogen-bond acceptors (Lipinski definition) is 15. The normalized spacial score (nSPS) is 30.2. The van der Waals surface area contributed by atoms with Crippen molar-refractivity contribution in [2.45, 2.75) is 173 Å². The molecule has 4 aliphatic rings. The van der Waals surface area contributed by atoms with Crippen LogP contribution >= 0.6 is 0 Å². The van der Waals surface area contributed by atoms with Gasteiger partial charge < -0.3 is 58.6 Å². The van der Waals surface area contributed by atoms with Crippen molar-refractivity contribution in [3.63, 3.8) is 0 Å². The Hall–Kier alpha value is -3.43. The van der Waals surface area contributed by atoms with Gasteiger partial charge in [0.2, 0.25) is 6.41 Å². The first-order chi connectivity index (χ1) is 26.2. The molecule has 1 aromatic heterocycles. The van der Waals surface area contributed by atoms with E-state index in [2.05, 4.69) is 20.9 Å². The van der Waals surface area contributed by atoms with Crippen LogP contribution in [0.3, 0.4) is 0 Å². The number of fused-ring (bicyclic) bond motifs is 2. The standard InChI is InChI=1S/C37H59N5O14/c1-11-37(12-2)53-23-20(18-40-33(47)56-35(6,7)8)48-31(28(23)54-37)50-24(22(30(45)55-34(3,4)5)39-16-13-15-38-19-43)25-26-27(52-36(9,10)51-26)29(49-25)42-17-14-21(44)41-32(42)46/h14,17,19-20,22-29,31,39H,11-13,15-16,18H2,1-10H3,(H,38,43)(H,40,47)(H,41,44,46)/t20-,22+,23-,24+,25-,26-,27-,28-,29-,31+/m1/s1. The summed E-state index contributed by atoms with van der Waals surface area (Å²) in [6, 6.07) is -0.0660. The summed E-state index contributed by atoms with van der Waals surface area (Å²) in [7, 11) is 0. The lowest BCUT2D eigenvalue weighted by atomic mass is 9.98. The van der Waals surface area contributed by atoms with Gasteiger partial charge >= 0.3 is 17.8 Å². The predicted molar refractivity (Wildman–Crippen MR) is 196 cm³/mol. The Morgan fingerprint density at radius 2 is 1.59 bits per heavy atom. The average molecular weight is 798 g/mol. The highest BCUT2D eigenvalue weighted by Gasteiger charge is 2.63. The number of amides is 2. The van der Waals surface area contributed by atoms with Crippen molar-refractivity contribution >= 4 is 18.5 Å². The summed E-state index contributed by atoms with van der Waals surface area (Å²) in [5.41, 5.74) is -3.00. The average Bonchev–Trinajstić information content (AvgIpc) is 3.81. The third-order valence-electron chi connectivity index (χ3n) is 9.63. The summed E-state index contributed by atoms with van der Waals surface area (Å²) in [6.07, 6.45) is -6.17. The Morgan fingerprint density at radius 3 is 2.21 bits per heavy atom. The van der Waals surface area contributed by atoms with E-state index < -0.39 is 107 Å². The molecule has 0 aromatic carbocycles. The van der Waals surface area contributed by atoms with Crippen LogP contribution in [0.25, 0.3) is 0 Å². The summed E-state index contributed by atoms with van der Waals surface area (Å²) in [5.74, 6) is -2.82. The molecule has 0 bridgehead atoms. The fourth-order valence-electron chi connectivity index (χ4n) is 7.27. The summed E-state index contributed by atoms with van der Waals surface area (Å²) < 4.78 is 58.3. The van der Waals surface area contributed by atoms with Crippen LogP contribution in [0.1, 0.15) is 94.7 Å². The van der Waals surface area contributed by atoms with E-state index in [1.807, 2.05) is 13.8 Å². The molecular weight excluding hydrogens is 738 g/mol. The van der Waals surface area contributed by atoms with Crippen molar-refractivity contribution in [3.8, 4) is 0 Å². The van der Waals surface area contributed by atoms with Gasteiger partial charge in [-0.15, -0.1) is 0 Å². The zero-order chi connectivity index (χ0) is 41.2. The van der Waals surface area contributed by atoms with E-state index in [4.69, 9.17) is 42.6 Å². The minimum atomic E-state index is -1.28. The molecule has 5 heterocycles. The molecule has 4 aliphatic heterocycles. The Kier molecular flexibility index (Phi) is 13.4.